The molecule has 0 spiro atoms. The SMILES string of the molecule is CC1=C(/C=C/c2ccc([NH-])cc2C)C(C)CC([NH-])=C1. The second-order valence-corrected chi connectivity index (χ2v) is 5.32. The van der Waals surface area contributed by atoms with Gasteiger partial charge in [-0.05, 0) is 48.5 Å². The van der Waals surface area contributed by atoms with Gasteiger partial charge in [-0.3, -0.25) is 0 Å². The van der Waals surface area contributed by atoms with Crippen LogP contribution < -0.4 is 0 Å². The van der Waals surface area contributed by atoms with Gasteiger partial charge in [0.2, 0.25) is 0 Å². The summed E-state index contributed by atoms with van der Waals surface area (Å²) >= 11 is 0. The molecule has 0 saturated carbocycles. The van der Waals surface area contributed by atoms with Crippen LogP contribution in [0.15, 0.2) is 47.2 Å². The van der Waals surface area contributed by atoms with Gasteiger partial charge in [-0.15, -0.1) is 5.69 Å². The van der Waals surface area contributed by atoms with Crippen LogP contribution in [-0.2, 0) is 0 Å². The standard InChI is InChI=1S/C17H20N2/c1-11-8-15(18)6-4-14(11)5-7-17-12(2)9-16(19)10-13(17)3/h4-9,13,18-19H,10H2,1-3H3/q-2/b7-5+. The Balaban J connectivity index is 2.30. The molecule has 0 aliphatic heterocycles. The van der Waals surface area contributed by atoms with Gasteiger partial charge >= 0.3 is 0 Å². The number of aryl methyl sites for hydroxylation is 1. The molecule has 1 atom stereocenters. The van der Waals surface area contributed by atoms with Gasteiger partial charge in [0.15, 0.2) is 0 Å². The maximum Gasteiger partial charge on any atom is -0.0165 e. The Hall–Kier alpha value is -1.96. The molecule has 2 heteroatoms. The fourth-order valence-electron chi connectivity index (χ4n) is 2.57. The first-order chi connectivity index (χ1) is 8.97. The lowest BCUT2D eigenvalue weighted by molar-refractivity contribution is 0.680. The van der Waals surface area contributed by atoms with Crippen LogP contribution in [0.1, 0.15) is 31.4 Å². The number of benzene rings is 1. The molecule has 0 heterocycles. The Labute approximate surface area is 115 Å². The molecule has 0 bridgehead atoms. The zero-order valence-corrected chi connectivity index (χ0v) is 11.7. The van der Waals surface area contributed by atoms with Crippen LogP contribution in [0, 0.1) is 12.8 Å². The van der Waals surface area contributed by atoms with Crippen LogP contribution in [0.4, 0.5) is 5.69 Å². The summed E-state index contributed by atoms with van der Waals surface area (Å²) in [5, 5.41) is 0. The molecule has 1 aliphatic carbocycles. The van der Waals surface area contributed by atoms with Crippen molar-refractivity contribution in [3.8, 4) is 0 Å². The quantitative estimate of drug-likeness (QED) is 0.621. The smallest absolute Gasteiger partial charge is 0.0165 e. The third kappa shape index (κ3) is 3.08. The summed E-state index contributed by atoms with van der Waals surface area (Å²) in [4.78, 5) is 0. The minimum absolute atomic E-state index is 0.407. The van der Waals surface area contributed by atoms with Gasteiger partial charge in [0.1, 0.15) is 0 Å². The normalized spacial score (nSPS) is 19.9. The van der Waals surface area contributed by atoms with E-state index in [-0.39, 0.29) is 0 Å². The van der Waals surface area contributed by atoms with E-state index < -0.39 is 0 Å². The Morgan fingerprint density at radius 1 is 1.16 bits per heavy atom. The van der Waals surface area contributed by atoms with Crippen molar-refractivity contribution in [3.05, 3.63) is 69.8 Å². The van der Waals surface area contributed by atoms with E-state index in [2.05, 4.69) is 26.0 Å². The van der Waals surface area contributed by atoms with Crippen molar-refractivity contribution < 1.29 is 0 Å². The van der Waals surface area contributed by atoms with E-state index in [0.29, 0.717) is 11.6 Å². The minimum atomic E-state index is 0.407. The van der Waals surface area contributed by atoms with Gasteiger partial charge in [0, 0.05) is 0 Å². The largest absolute Gasteiger partial charge is 0.702 e. The molecule has 0 fully saturated rings. The van der Waals surface area contributed by atoms with E-state index in [4.69, 9.17) is 11.5 Å². The Bertz CT molecular complexity index is 577. The highest BCUT2D eigenvalue weighted by atomic mass is 14.6. The van der Waals surface area contributed by atoms with E-state index >= 15 is 0 Å². The average Bonchev–Trinajstić information content (AvgIpc) is 2.30. The maximum atomic E-state index is 7.76. The third-order valence-electron chi connectivity index (χ3n) is 3.62. The summed E-state index contributed by atoms with van der Waals surface area (Å²) in [7, 11) is 0. The summed E-state index contributed by atoms with van der Waals surface area (Å²) < 4.78 is 0. The Morgan fingerprint density at radius 2 is 1.89 bits per heavy atom. The van der Waals surface area contributed by atoms with Crippen LogP contribution in [0.25, 0.3) is 17.5 Å². The summed E-state index contributed by atoms with van der Waals surface area (Å²) in [6.45, 7) is 6.28. The Kier molecular flexibility index (Phi) is 3.79. The summed E-state index contributed by atoms with van der Waals surface area (Å²) in [6, 6.07) is 5.69. The van der Waals surface area contributed by atoms with E-state index in [1.54, 1.807) is 0 Å². The zero-order valence-electron chi connectivity index (χ0n) is 11.7. The van der Waals surface area contributed by atoms with Gasteiger partial charge < -0.3 is 11.5 Å². The molecular weight excluding hydrogens is 232 g/mol. The molecule has 1 aromatic carbocycles. The molecule has 100 valence electrons. The summed E-state index contributed by atoms with van der Waals surface area (Å²) in [6.07, 6.45) is 7.06. The first-order valence-corrected chi connectivity index (χ1v) is 6.60. The van der Waals surface area contributed by atoms with E-state index in [0.717, 1.165) is 23.2 Å². The predicted molar refractivity (Wildman–Crippen MR) is 83.1 cm³/mol. The third-order valence-corrected chi connectivity index (χ3v) is 3.62. The molecule has 0 radical (unpaired) electrons. The van der Waals surface area contributed by atoms with Gasteiger partial charge in [0.05, 0.1) is 0 Å². The van der Waals surface area contributed by atoms with Crippen molar-refractivity contribution in [3.63, 3.8) is 0 Å². The van der Waals surface area contributed by atoms with E-state index in [1.807, 2.05) is 31.2 Å². The number of nitrogens with one attached hydrogen (secondary N) is 2. The first-order valence-electron chi connectivity index (χ1n) is 6.60. The summed E-state index contributed by atoms with van der Waals surface area (Å²) in [5.74, 6) is 0.407. The molecule has 0 aromatic heterocycles. The highest BCUT2D eigenvalue weighted by Gasteiger charge is 2.11. The number of hydrogen-bond donors (Lipinski definition) is 0. The van der Waals surface area contributed by atoms with Gasteiger partial charge in [-0.1, -0.05) is 43.4 Å². The molecule has 0 amide bonds. The topological polar surface area (TPSA) is 47.6 Å². The fraction of sp³-hybridized carbons (Fsp3) is 0.294. The molecular formula is C17H20N2-2. The maximum absolute atomic E-state index is 7.76. The second kappa shape index (κ2) is 5.35. The number of hydrogen-bond acceptors (Lipinski definition) is 0. The number of rotatable bonds is 2. The van der Waals surface area contributed by atoms with Gasteiger partial charge in [-0.2, -0.15) is 5.70 Å². The predicted octanol–water partition coefficient (Wildman–Crippen LogP) is 5.98. The first kappa shape index (κ1) is 13.5. The molecule has 2 N–H and O–H groups in total. The molecule has 1 aliphatic rings. The van der Waals surface area contributed by atoms with Crippen molar-refractivity contribution >= 4 is 11.8 Å². The highest BCUT2D eigenvalue weighted by Crippen LogP contribution is 2.31. The number of allylic oxidation sites excluding steroid dienone is 5. The lowest BCUT2D eigenvalue weighted by Gasteiger charge is -2.25. The van der Waals surface area contributed by atoms with Crippen LogP contribution in [0.5, 0.6) is 0 Å². The lowest BCUT2D eigenvalue weighted by Crippen LogP contribution is -2.05. The fourth-order valence-corrected chi connectivity index (χ4v) is 2.57. The van der Waals surface area contributed by atoms with Crippen molar-refractivity contribution in [1.29, 1.82) is 0 Å². The molecule has 2 rings (SSSR count). The van der Waals surface area contributed by atoms with Crippen molar-refractivity contribution in [2.24, 2.45) is 5.92 Å². The van der Waals surface area contributed by atoms with Gasteiger partial charge in [0.25, 0.3) is 0 Å². The van der Waals surface area contributed by atoms with Crippen LogP contribution in [-0.4, -0.2) is 0 Å². The average molecular weight is 252 g/mol. The van der Waals surface area contributed by atoms with E-state index in [9.17, 15) is 0 Å². The molecule has 2 nitrogen and oxygen atoms in total. The van der Waals surface area contributed by atoms with Crippen molar-refractivity contribution in [2.45, 2.75) is 27.2 Å². The molecule has 0 saturated heterocycles. The van der Waals surface area contributed by atoms with Crippen molar-refractivity contribution in [1.82, 2.24) is 0 Å². The second-order valence-electron chi connectivity index (χ2n) is 5.32. The molecule has 1 aromatic rings. The van der Waals surface area contributed by atoms with Crippen molar-refractivity contribution in [2.75, 3.05) is 0 Å². The van der Waals surface area contributed by atoms with Crippen LogP contribution in [0.2, 0.25) is 0 Å². The lowest BCUT2D eigenvalue weighted by atomic mass is 9.86. The van der Waals surface area contributed by atoms with Crippen LogP contribution in [0.3, 0.4) is 0 Å². The summed E-state index contributed by atoms with van der Waals surface area (Å²) in [5.41, 5.74) is 21.4. The van der Waals surface area contributed by atoms with Crippen LogP contribution >= 0.6 is 0 Å². The van der Waals surface area contributed by atoms with E-state index in [1.165, 1.54) is 11.1 Å². The van der Waals surface area contributed by atoms with Gasteiger partial charge in [-0.25, -0.2) is 0 Å². The molecule has 1 unspecified atom stereocenters. The molecule has 19 heavy (non-hydrogen) atoms. The zero-order chi connectivity index (χ0) is 14.0. The monoisotopic (exact) mass is 252 g/mol. The highest BCUT2D eigenvalue weighted by molar-refractivity contribution is 5.62. The minimum Gasteiger partial charge on any atom is -0.702 e. The Morgan fingerprint density at radius 3 is 2.53 bits per heavy atom.